The normalized spacial score (nSPS) is 8.30. The van der Waals surface area contributed by atoms with Crippen molar-refractivity contribution in [2.45, 2.75) is 0 Å². The van der Waals surface area contributed by atoms with Crippen molar-refractivity contribution in [1.29, 1.82) is 5.26 Å². The first-order valence-electron chi connectivity index (χ1n) is 2.61. The highest BCUT2D eigenvalue weighted by Gasteiger charge is 1.98. The Kier molecular flexibility index (Phi) is 1.76. The van der Waals surface area contributed by atoms with Crippen LogP contribution in [0.2, 0.25) is 0 Å². The van der Waals surface area contributed by atoms with E-state index in [0.717, 1.165) is 0 Å². The molecule has 0 aliphatic heterocycles. The third-order valence-corrected chi connectivity index (χ3v) is 1.02. The van der Waals surface area contributed by atoms with Crippen LogP contribution in [-0.4, -0.2) is 11.3 Å². The molecular weight excluding hydrogens is 128 g/mol. The molecule has 3 nitrogen and oxygen atoms in total. The first-order valence-corrected chi connectivity index (χ1v) is 2.61. The van der Waals surface area contributed by atoms with E-state index in [2.05, 4.69) is 4.98 Å². The molecule has 0 N–H and O–H groups in total. The van der Waals surface area contributed by atoms with Crippen LogP contribution < -0.4 is 0 Å². The molecule has 0 spiro atoms. The van der Waals surface area contributed by atoms with Crippen LogP contribution >= 0.6 is 0 Å². The van der Waals surface area contributed by atoms with Crippen molar-refractivity contribution in [3.05, 3.63) is 29.6 Å². The molecule has 0 aromatic carbocycles. The van der Waals surface area contributed by atoms with Gasteiger partial charge >= 0.3 is 0 Å². The molecule has 10 heavy (non-hydrogen) atoms. The van der Waals surface area contributed by atoms with Gasteiger partial charge in [0.1, 0.15) is 6.07 Å². The maximum atomic E-state index is 10.1. The Morgan fingerprint density at radius 2 is 2.40 bits per heavy atom. The second-order valence-corrected chi connectivity index (χ2v) is 1.61. The first-order chi connectivity index (χ1) is 4.88. The molecule has 3 heteroatoms. The molecule has 1 aromatic heterocycles. The largest absolute Gasteiger partial charge is 0.285 e. The number of aromatic nitrogens is 1. The summed E-state index contributed by atoms with van der Waals surface area (Å²) in [5.41, 5.74) is 0.336. The molecular formula is C7H3N2O. The van der Waals surface area contributed by atoms with Crippen LogP contribution in [0.25, 0.3) is 0 Å². The van der Waals surface area contributed by atoms with Crippen LogP contribution in [0.5, 0.6) is 0 Å². The summed E-state index contributed by atoms with van der Waals surface area (Å²) in [7, 11) is 0. The highest BCUT2D eigenvalue weighted by Crippen LogP contribution is 1.98. The Morgan fingerprint density at radius 1 is 1.60 bits per heavy atom. The summed E-state index contributed by atoms with van der Waals surface area (Å²) >= 11 is 0. The second kappa shape index (κ2) is 2.74. The van der Waals surface area contributed by atoms with Crippen LogP contribution in [0, 0.1) is 11.3 Å². The Morgan fingerprint density at radius 3 is 2.90 bits per heavy atom. The van der Waals surface area contributed by atoms with Gasteiger partial charge in [0.2, 0.25) is 6.29 Å². The zero-order chi connectivity index (χ0) is 7.40. The molecule has 0 aliphatic carbocycles. The van der Waals surface area contributed by atoms with Gasteiger partial charge in [0.15, 0.2) is 5.69 Å². The monoisotopic (exact) mass is 131 g/mol. The number of hydrogen-bond acceptors (Lipinski definition) is 3. The lowest BCUT2D eigenvalue weighted by Gasteiger charge is -1.88. The van der Waals surface area contributed by atoms with Crippen molar-refractivity contribution in [3.63, 3.8) is 0 Å². The number of carbonyl (C=O) groups excluding carboxylic acids is 1. The van der Waals surface area contributed by atoms with E-state index in [1.807, 2.05) is 0 Å². The SMILES string of the molecule is N#Cc1ncccc1[C]=O. The molecule has 0 fully saturated rings. The Bertz CT molecular complexity index is 288. The lowest BCUT2D eigenvalue weighted by molar-refractivity contribution is 0.562. The summed E-state index contributed by atoms with van der Waals surface area (Å²) in [5.74, 6) is 0. The highest BCUT2D eigenvalue weighted by molar-refractivity contribution is 5.78. The quantitative estimate of drug-likeness (QED) is 0.554. The minimum atomic E-state index is 0.123. The molecule has 1 radical (unpaired) electrons. The number of hydrogen-bond donors (Lipinski definition) is 0. The summed E-state index contributed by atoms with van der Waals surface area (Å²) in [6.45, 7) is 0. The molecule has 0 saturated carbocycles. The van der Waals surface area contributed by atoms with E-state index >= 15 is 0 Å². The van der Waals surface area contributed by atoms with Crippen molar-refractivity contribution in [3.8, 4) is 6.07 Å². The van der Waals surface area contributed by atoms with E-state index in [4.69, 9.17) is 5.26 Å². The summed E-state index contributed by atoms with van der Waals surface area (Å²) in [6, 6.07) is 4.86. The Balaban J connectivity index is 3.24. The van der Waals surface area contributed by atoms with E-state index in [1.54, 1.807) is 18.4 Å². The van der Waals surface area contributed by atoms with Crippen molar-refractivity contribution in [2.75, 3.05) is 0 Å². The van der Waals surface area contributed by atoms with Gasteiger partial charge in [-0.25, -0.2) is 4.98 Å². The summed E-state index contributed by atoms with van der Waals surface area (Å²) in [5, 5.41) is 8.36. The maximum absolute atomic E-state index is 10.1. The third-order valence-electron chi connectivity index (χ3n) is 1.02. The number of nitriles is 1. The van der Waals surface area contributed by atoms with Crippen LogP contribution in [0.4, 0.5) is 0 Å². The van der Waals surface area contributed by atoms with E-state index in [1.165, 1.54) is 12.3 Å². The van der Waals surface area contributed by atoms with Gasteiger partial charge in [-0.05, 0) is 12.1 Å². The Labute approximate surface area is 57.9 Å². The van der Waals surface area contributed by atoms with Crippen LogP contribution in [0.3, 0.4) is 0 Å². The molecule has 1 heterocycles. The fraction of sp³-hybridized carbons (Fsp3) is 0. The van der Waals surface area contributed by atoms with E-state index < -0.39 is 0 Å². The highest BCUT2D eigenvalue weighted by atomic mass is 16.1. The van der Waals surface area contributed by atoms with Gasteiger partial charge < -0.3 is 0 Å². The van der Waals surface area contributed by atoms with Gasteiger partial charge in [-0.1, -0.05) is 0 Å². The lowest BCUT2D eigenvalue weighted by atomic mass is 10.2. The molecule has 0 amide bonds. The van der Waals surface area contributed by atoms with Crippen LogP contribution in [-0.2, 0) is 4.79 Å². The van der Waals surface area contributed by atoms with E-state index in [9.17, 15) is 4.79 Å². The standard InChI is InChI=1S/C7H3N2O/c8-4-7-6(5-10)2-1-3-9-7/h1-3H. The van der Waals surface area contributed by atoms with Gasteiger partial charge in [0.25, 0.3) is 0 Å². The maximum Gasteiger partial charge on any atom is 0.236 e. The average Bonchev–Trinajstić information content (AvgIpc) is 2.04. The fourth-order valence-corrected chi connectivity index (χ4v) is 0.577. The van der Waals surface area contributed by atoms with Gasteiger partial charge in [0, 0.05) is 6.20 Å². The molecule has 0 atom stereocenters. The van der Waals surface area contributed by atoms with Crippen LogP contribution in [0.15, 0.2) is 18.3 Å². The predicted octanol–water partition coefficient (Wildman–Crippen LogP) is 0.411. The first kappa shape index (κ1) is 6.43. The molecule has 0 bridgehead atoms. The van der Waals surface area contributed by atoms with Gasteiger partial charge in [-0.15, -0.1) is 0 Å². The number of pyridine rings is 1. The lowest BCUT2D eigenvalue weighted by Crippen LogP contribution is -1.89. The van der Waals surface area contributed by atoms with Gasteiger partial charge in [-0.3, -0.25) is 4.79 Å². The molecule has 1 rings (SSSR count). The zero-order valence-electron chi connectivity index (χ0n) is 5.03. The van der Waals surface area contributed by atoms with Gasteiger partial charge in [-0.2, -0.15) is 5.26 Å². The fourth-order valence-electron chi connectivity index (χ4n) is 0.577. The van der Waals surface area contributed by atoms with Crippen molar-refractivity contribution in [2.24, 2.45) is 0 Å². The molecule has 0 unspecified atom stereocenters. The number of rotatable bonds is 1. The minimum absolute atomic E-state index is 0.123. The van der Waals surface area contributed by atoms with E-state index in [-0.39, 0.29) is 11.3 Å². The topological polar surface area (TPSA) is 53.8 Å². The van der Waals surface area contributed by atoms with Crippen molar-refractivity contribution in [1.82, 2.24) is 4.98 Å². The third kappa shape index (κ3) is 1.00. The number of nitrogens with zero attached hydrogens (tertiary/aromatic N) is 2. The molecule has 47 valence electrons. The van der Waals surface area contributed by atoms with Crippen molar-refractivity contribution < 1.29 is 4.79 Å². The molecule has 1 aromatic rings. The second-order valence-electron chi connectivity index (χ2n) is 1.61. The Hall–Kier alpha value is -1.69. The molecule has 0 saturated heterocycles. The smallest absolute Gasteiger partial charge is 0.236 e. The summed E-state index contributed by atoms with van der Waals surface area (Å²) in [4.78, 5) is 13.7. The van der Waals surface area contributed by atoms with Gasteiger partial charge in [0.05, 0.1) is 5.56 Å². The predicted molar refractivity (Wildman–Crippen MR) is 33.7 cm³/mol. The van der Waals surface area contributed by atoms with Crippen LogP contribution in [0.1, 0.15) is 11.3 Å². The van der Waals surface area contributed by atoms with E-state index in [0.29, 0.717) is 0 Å². The summed E-state index contributed by atoms with van der Waals surface area (Å²) in [6.07, 6.45) is 3.07. The van der Waals surface area contributed by atoms with Crippen molar-refractivity contribution >= 4 is 6.29 Å². The zero-order valence-corrected chi connectivity index (χ0v) is 5.03. The minimum Gasteiger partial charge on any atom is -0.285 e. The summed E-state index contributed by atoms with van der Waals surface area (Å²) < 4.78 is 0. The molecule has 0 aliphatic rings. The average molecular weight is 131 g/mol.